The van der Waals surface area contributed by atoms with Gasteiger partial charge in [-0.2, -0.15) is 0 Å². The van der Waals surface area contributed by atoms with Gasteiger partial charge in [0.1, 0.15) is 5.76 Å². The van der Waals surface area contributed by atoms with Crippen molar-refractivity contribution in [2.24, 2.45) is 23.2 Å². The molecule has 6 aliphatic rings. The summed E-state index contributed by atoms with van der Waals surface area (Å²) in [6.07, 6.45) is 6.25. The summed E-state index contributed by atoms with van der Waals surface area (Å²) in [5, 5.41) is 10.3. The number of nitrogens with zero attached hydrogens (tertiary/aromatic N) is 1. The maximum atomic E-state index is 12.5. The molecule has 4 aliphatic carbocycles. The average molecular weight is 409 g/mol. The van der Waals surface area contributed by atoms with Gasteiger partial charge in [-0.1, -0.05) is 6.07 Å². The molecule has 1 aromatic rings. The lowest BCUT2D eigenvalue weighted by atomic mass is 9.50. The molecule has 1 saturated heterocycles. The summed E-state index contributed by atoms with van der Waals surface area (Å²) < 4.78 is 18.1. The first-order valence-electron chi connectivity index (χ1n) is 11.2. The van der Waals surface area contributed by atoms with Gasteiger partial charge in [-0.05, 0) is 55.9 Å². The zero-order valence-electron chi connectivity index (χ0n) is 17.4. The second-order valence-electron chi connectivity index (χ2n) is 10.1. The molecule has 6 unspecified atom stereocenters. The van der Waals surface area contributed by atoms with E-state index in [-0.39, 0.29) is 34.8 Å². The maximum absolute atomic E-state index is 12.5. The van der Waals surface area contributed by atoms with Gasteiger partial charge in [-0.3, -0.25) is 9.69 Å². The number of hydrogen-bond donors (Lipinski definition) is 1. The zero-order chi connectivity index (χ0) is 20.4. The largest absolute Gasteiger partial charge is 0.497 e. The van der Waals surface area contributed by atoms with Gasteiger partial charge in [0.15, 0.2) is 17.6 Å². The standard InChI is InChI=1S/C24H27NO5/c1-28-15-6-5-13-9-17-24-14(19(24)22(26)27)10-16(29-2)21-23(24,18(13)20(15)30-21)7-8-25(17)11-12-3-4-12/h5-6,10,12,14,17,19,21H,3-4,7-9,11H2,1-2H3,(H,26,27). The van der Waals surface area contributed by atoms with Gasteiger partial charge in [0.05, 0.1) is 25.6 Å². The summed E-state index contributed by atoms with van der Waals surface area (Å²) >= 11 is 0. The first kappa shape index (κ1) is 17.5. The minimum Gasteiger partial charge on any atom is -0.497 e. The highest BCUT2D eigenvalue weighted by Crippen LogP contribution is 2.82. The number of piperidine rings is 1. The SMILES string of the molecule is COC1=CC2C(C(=O)O)C23C2Cc4ccc(OC)c5c4C3(CCN2CC2CC2)C1O5. The monoisotopic (exact) mass is 409 g/mol. The van der Waals surface area contributed by atoms with E-state index in [0.717, 1.165) is 49.1 Å². The fraction of sp³-hybridized carbons (Fsp3) is 0.625. The van der Waals surface area contributed by atoms with Crippen molar-refractivity contribution >= 4 is 5.97 Å². The zero-order valence-corrected chi connectivity index (χ0v) is 17.4. The molecule has 1 N–H and O–H groups in total. The number of aliphatic carboxylic acids is 1. The first-order valence-corrected chi connectivity index (χ1v) is 11.2. The molecule has 3 fully saturated rings. The van der Waals surface area contributed by atoms with E-state index < -0.39 is 5.97 Å². The van der Waals surface area contributed by atoms with Crippen LogP contribution in [-0.2, 0) is 21.4 Å². The Labute approximate surface area is 175 Å². The number of rotatable bonds is 5. The fourth-order valence-corrected chi connectivity index (χ4v) is 8.01. The normalized spacial score (nSPS) is 41.9. The van der Waals surface area contributed by atoms with Crippen molar-refractivity contribution in [1.82, 2.24) is 4.90 Å². The fourth-order valence-electron chi connectivity index (χ4n) is 8.01. The third-order valence-corrected chi connectivity index (χ3v) is 9.14. The van der Waals surface area contributed by atoms with Crippen LogP contribution in [-0.4, -0.2) is 55.4 Å². The van der Waals surface area contributed by atoms with Crippen molar-refractivity contribution in [1.29, 1.82) is 0 Å². The Hall–Kier alpha value is -2.21. The molecule has 30 heavy (non-hydrogen) atoms. The number of carboxylic acids is 1. The number of ether oxygens (including phenoxy) is 3. The Bertz CT molecular complexity index is 1020. The summed E-state index contributed by atoms with van der Waals surface area (Å²) in [6.45, 7) is 2.10. The number of carbonyl (C=O) groups is 1. The molecule has 2 heterocycles. The number of carboxylic acid groups (broad SMARTS) is 1. The number of likely N-dealkylation sites (tertiary alicyclic amines) is 1. The van der Waals surface area contributed by atoms with Crippen LogP contribution in [0.1, 0.15) is 30.4 Å². The summed E-state index contributed by atoms with van der Waals surface area (Å²) in [4.78, 5) is 15.2. The molecule has 1 aromatic carbocycles. The molecule has 0 amide bonds. The molecule has 7 rings (SSSR count). The molecular formula is C24H27NO5. The maximum Gasteiger partial charge on any atom is 0.307 e. The molecule has 158 valence electrons. The van der Waals surface area contributed by atoms with Gasteiger partial charge in [0.2, 0.25) is 0 Å². The molecule has 2 saturated carbocycles. The van der Waals surface area contributed by atoms with E-state index in [2.05, 4.69) is 17.0 Å². The van der Waals surface area contributed by atoms with Crippen LogP contribution in [0.5, 0.6) is 11.5 Å². The lowest BCUT2D eigenvalue weighted by Gasteiger charge is -2.59. The molecule has 6 nitrogen and oxygen atoms in total. The van der Waals surface area contributed by atoms with Crippen LogP contribution in [0.3, 0.4) is 0 Å². The highest BCUT2D eigenvalue weighted by molar-refractivity contribution is 5.81. The summed E-state index contributed by atoms with van der Waals surface area (Å²) in [6, 6.07) is 4.44. The summed E-state index contributed by atoms with van der Waals surface area (Å²) in [5.74, 6) is 2.08. The quantitative estimate of drug-likeness (QED) is 0.806. The molecule has 2 aliphatic heterocycles. The van der Waals surface area contributed by atoms with Crippen LogP contribution >= 0.6 is 0 Å². The predicted octanol–water partition coefficient (Wildman–Crippen LogP) is 2.60. The smallest absolute Gasteiger partial charge is 0.307 e. The van der Waals surface area contributed by atoms with E-state index in [0.29, 0.717) is 0 Å². The highest BCUT2D eigenvalue weighted by Gasteiger charge is 2.87. The Balaban J connectivity index is 1.50. The van der Waals surface area contributed by atoms with Crippen molar-refractivity contribution in [2.75, 3.05) is 27.3 Å². The Kier molecular flexibility index (Phi) is 3.11. The number of benzene rings is 1. The van der Waals surface area contributed by atoms with E-state index in [1.54, 1.807) is 14.2 Å². The molecule has 6 heteroatoms. The van der Waals surface area contributed by atoms with Crippen molar-refractivity contribution in [3.8, 4) is 11.5 Å². The Morgan fingerprint density at radius 2 is 2.13 bits per heavy atom. The third kappa shape index (κ3) is 1.69. The minimum atomic E-state index is -0.676. The summed E-state index contributed by atoms with van der Waals surface area (Å²) in [7, 11) is 3.36. The molecule has 0 aromatic heterocycles. The van der Waals surface area contributed by atoms with Crippen molar-refractivity contribution in [2.45, 2.75) is 43.2 Å². The van der Waals surface area contributed by atoms with Gasteiger partial charge in [0.25, 0.3) is 0 Å². The Morgan fingerprint density at radius 1 is 1.30 bits per heavy atom. The van der Waals surface area contributed by atoms with E-state index >= 15 is 0 Å². The lowest BCUT2D eigenvalue weighted by molar-refractivity contribution is -0.142. The predicted molar refractivity (Wildman–Crippen MR) is 108 cm³/mol. The van der Waals surface area contributed by atoms with Crippen LogP contribution in [0.15, 0.2) is 24.0 Å². The highest BCUT2D eigenvalue weighted by atomic mass is 16.6. The van der Waals surface area contributed by atoms with Gasteiger partial charge in [-0.25, -0.2) is 0 Å². The van der Waals surface area contributed by atoms with Crippen LogP contribution in [0.4, 0.5) is 0 Å². The second-order valence-corrected chi connectivity index (χ2v) is 10.1. The molecule has 6 atom stereocenters. The third-order valence-electron chi connectivity index (χ3n) is 9.14. The Morgan fingerprint density at radius 3 is 2.83 bits per heavy atom. The number of allylic oxidation sites excluding steroid dienone is 1. The van der Waals surface area contributed by atoms with Crippen LogP contribution < -0.4 is 9.47 Å². The van der Waals surface area contributed by atoms with E-state index in [4.69, 9.17) is 14.2 Å². The van der Waals surface area contributed by atoms with Crippen LogP contribution in [0, 0.1) is 23.2 Å². The second kappa shape index (κ2) is 5.34. The molecule has 0 radical (unpaired) electrons. The number of hydrogen-bond acceptors (Lipinski definition) is 5. The van der Waals surface area contributed by atoms with Crippen LogP contribution in [0.25, 0.3) is 0 Å². The number of methoxy groups -OCH3 is 2. The molecule has 2 bridgehead atoms. The molecule has 2 spiro atoms. The van der Waals surface area contributed by atoms with Crippen LogP contribution in [0.2, 0.25) is 0 Å². The van der Waals surface area contributed by atoms with E-state index in [1.165, 1.54) is 24.0 Å². The van der Waals surface area contributed by atoms with Gasteiger partial charge in [-0.15, -0.1) is 0 Å². The van der Waals surface area contributed by atoms with Gasteiger partial charge in [0, 0.05) is 29.5 Å². The lowest BCUT2D eigenvalue weighted by Crippen LogP contribution is -2.67. The average Bonchev–Trinajstić information content (AvgIpc) is 3.63. The van der Waals surface area contributed by atoms with Gasteiger partial charge < -0.3 is 19.3 Å². The summed E-state index contributed by atoms with van der Waals surface area (Å²) in [5.41, 5.74) is 1.86. The van der Waals surface area contributed by atoms with Gasteiger partial charge >= 0.3 is 5.97 Å². The van der Waals surface area contributed by atoms with E-state index in [9.17, 15) is 9.90 Å². The minimum absolute atomic E-state index is 0.00195. The first-order chi connectivity index (χ1) is 14.6. The van der Waals surface area contributed by atoms with Crippen molar-refractivity contribution in [3.63, 3.8) is 0 Å². The molecular weight excluding hydrogens is 382 g/mol. The van der Waals surface area contributed by atoms with Crippen molar-refractivity contribution < 1.29 is 24.1 Å². The topological polar surface area (TPSA) is 68.2 Å². The van der Waals surface area contributed by atoms with E-state index in [1.807, 2.05) is 6.07 Å². The van der Waals surface area contributed by atoms with Crippen molar-refractivity contribution in [3.05, 3.63) is 35.1 Å².